The molecule has 0 aromatic rings. The van der Waals surface area contributed by atoms with Crippen LogP contribution in [0.5, 0.6) is 0 Å². The van der Waals surface area contributed by atoms with Crippen molar-refractivity contribution in [3.05, 3.63) is 0 Å². The topological polar surface area (TPSA) is 41.6 Å². The Morgan fingerprint density at radius 3 is 2.74 bits per heavy atom. The van der Waals surface area contributed by atoms with Crippen molar-refractivity contribution in [2.75, 3.05) is 13.2 Å². The van der Waals surface area contributed by atoms with E-state index in [1.807, 2.05) is 4.90 Å². The van der Waals surface area contributed by atoms with E-state index >= 15 is 0 Å². The standard InChI is InChI=1S/C15H26N2O2/c1-9(2)17-7-5-11(14(17)18)16-12-10-6-8-19-13(10)15(12,3)4/h9-13,16H,5-8H2,1-4H3/t10-,11+,12-,13+/m1/s1. The van der Waals surface area contributed by atoms with E-state index in [4.69, 9.17) is 4.74 Å². The molecule has 1 amide bonds. The van der Waals surface area contributed by atoms with Gasteiger partial charge in [0.1, 0.15) is 0 Å². The van der Waals surface area contributed by atoms with Crippen LogP contribution in [0.25, 0.3) is 0 Å². The van der Waals surface area contributed by atoms with Gasteiger partial charge in [0.15, 0.2) is 0 Å². The summed E-state index contributed by atoms with van der Waals surface area (Å²) >= 11 is 0. The predicted molar refractivity (Wildman–Crippen MR) is 73.8 cm³/mol. The normalized spacial score (nSPS) is 40.7. The molecule has 4 atom stereocenters. The summed E-state index contributed by atoms with van der Waals surface area (Å²) in [4.78, 5) is 14.3. The highest BCUT2D eigenvalue weighted by Gasteiger charge is 2.60. The fourth-order valence-corrected chi connectivity index (χ4v) is 4.25. The van der Waals surface area contributed by atoms with Gasteiger partial charge in [0, 0.05) is 36.6 Å². The molecule has 19 heavy (non-hydrogen) atoms. The van der Waals surface area contributed by atoms with Crippen molar-refractivity contribution in [3.63, 3.8) is 0 Å². The van der Waals surface area contributed by atoms with Crippen LogP contribution in [0.3, 0.4) is 0 Å². The summed E-state index contributed by atoms with van der Waals surface area (Å²) in [7, 11) is 0. The van der Waals surface area contributed by atoms with Gasteiger partial charge in [0.2, 0.25) is 5.91 Å². The Labute approximate surface area is 115 Å². The summed E-state index contributed by atoms with van der Waals surface area (Å²) < 4.78 is 5.81. The number of nitrogens with one attached hydrogen (secondary N) is 1. The molecule has 4 heteroatoms. The van der Waals surface area contributed by atoms with Gasteiger partial charge in [0.05, 0.1) is 12.1 Å². The van der Waals surface area contributed by atoms with Crippen LogP contribution in [-0.2, 0) is 9.53 Å². The Kier molecular flexibility index (Phi) is 3.13. The fourth-order valence-electron chi connectivity index (χ4n) is 4.25. The van der Waals surface area contributed by atoms with Gasteiger partial charge in [-0.1, -0.05) is 13.8 Å². The summed E-state index contributed by atoms with van der Waals surface area (Å²) in [5, 5.41) is 3.64. The Morgan fingerprint density at radius 2 is 2.11 bits per heavy atom. The molecule has 0 bridgehead atoms. The third-order valence-corrected chi connectivity index (χ3v) is 5.34. The fraction of sp³-hybridized carbons (Fsp3) is 0.933. The molecule has 3 rings (SSSR count). The Bertz CT molecular complexity index is 380. The number of carbonyl (C=O) groups excluding carboxylic acids is 1. The van der Waals surface area contributed by atoms with Crippen molar-refractivity contribution < 1.29 is 9.53 Å². The predicted octanol–water partition coefficient (Wildman–Crippen LogP) is 1.40. The van der Waals surface area contributed by atoms with Crippen LogP contribution < -0.4 is 5.32 Å². The molecule has 2 saturated heterocycles. The summed E-state index contributed by atoms with van der Waals surface area (Å²) in [5.74, 6) is 0.893. The molecule has 3 fully saturated rings. The minimum absolute atomic E-state index is 0.0215. The molecule has 108 valence electrons. The lowest BCUT2D eigenvalue weighted by Crippen LogP contribution is -2.68. The second-order valence-electron chi connectivity index (χ2n) is 7.18. The number of amides is 1. The molecule has 0 spiro atoms. The lowest BCUT2D eigenvalue weighted by Gasteiger charge is -2.55. The number of carbonyl (C=O) groups is 1. The molecule has 1 N–H and O–H groups in total. The largest absolute Gasteiger partial charge is 0.377 e. The van der Waals surface area contributed by atoms with Crippen molar-refractivity contribution >= 4 is 5.91 Å². The number of rotatable bonds is 3. The van der Waals surface area contributed by atoms with E-state index in [0.29, 0.717) is 24.1 Å². The number of hydrogen-bond acceptors (Lipinski definition) is 3. The lowest BCUT2D eigenvalue weighted by molar-refractivity contribution is -0.136. The summed E-state index contributed by atoms with van der Waals surface area (Å²) in [6.45, 7) is 10.5. The molecule has 0 aromatic carbocycles. The molecule has 1 aliphatic carbocycles. The monoisotopic (exact) mass is 266 g/mol. The number of fused-ring (bicyclic) bond motifs is 1. The van der Waals surface area contributed by atoms with E-state index in [1.54, 1.807) is 0 Å². The SMILES string of the molecule is CC(C)N1CC[C@H](N[C@@H]2[C@H]3CCO[C@@H]3C2(C)C)C1=O. The minimum Gasteiger partial charge on any atom is -0.377 e. The Hall–Kier alpha value is -0.610. The highest BCUT2D eigenvalue weighted by molar-refractivity contribution is 5.84. The highest BCUT2D eigenvalue weighted by Crippen LogP contribution is 2.52. The van der Waals surface area contributed by atoms with E-state index in [9.17, 15) is 4.79 Å². The van der Waals surface area contributed by atoms with Crippen LogP contribution in [0.2, 0.25) is 0 Å². The first-order chi connectivity index (χ1) is 8.93. The third kappa shape index (κ3) is 1.91. The minimum atomic E-state index is 0.0215. The lowest BCUT2D eigenvalue weighted by atomic mass is 9.57. The molecule has 1 saturated carbocycles. The van der Waals surface area contributed by atoms with Gasteiger partial charge >= 0.3 is 0 Å². The van der Waals surface area contributed by atoms with Crippen molar-refractivity contribution in [1.29, 1.82) is 0 Å². The van der Waals surface area contributed by atoms with E-state index in [2.05, 4.69) is 33.0 Å². The summed E-state index contributed by atoms with van der Waals surface area (Å²) in [6, 6.07) is 0.769. The molecule has 0 unspecified atom stereocenters. The molecule has 3 aliphatic rings. The smallest absolute Gasteiger partial charge is 0.240 e. The van der Waals surface area contributed by atoms with E-state index in [-0.39, 0.29) is 17.4 Å². The van der Waals surface area contributed by atoms with Crippen LogP contribution in [0.4, 0.5) is 0 Å². The highest BCUT2D eigenvalue weighted by atomic mass is 16.5. The van der Waals surface area contributed by atoms with Gasteiger partial charge in [-0.25, -0.2) is 0 Å². The first kappa shape index (κ1) is 13.4. The molecule has 0 radical (unpaired) electrons. The number of nitrogens with zero attached hydrogens (tertiary/aromatic N) is 1. The first-order valence-electron chi connectivity index (χ1n) is 7.61. The maximum atomic E-state index is 12.4. The van der Waals surface area contributed by atoms with Gasteiger partial charge in [-0.15, -0.1) is 0 Å². The van der Waals surface area contributed by atoms with Crippen molar-refractivity contribution in [3.8, 4) is 0 Å². The van der Waals surface area contributed by atoms with Crippen LogP contribution in [0.15, 0.2) is 0 Å². The third-order valence-electron chi connectivity index (χ3n) is 5.34. The molecular weight excluding hydrogens is 240 g/mol. The Balaban J connectivity index is 1.65. The van der Waals surface area contributed by atoms with Gasteiger partial charge in [-0.3, -0.25) is 4.79 Å². The summed E-state index contributed by atoms with van der Waals surface area (Å²) in [5.41, 5.74) is 0.159. The first-order valence-corrected chi connectivity index (χ1v) is 7.61. The average molecular weight is 266 g/mol. The van der Waals surface area contributed by atoms with Gasteiger partial charge in [0.25, 0.3) is 0 Å². The number of ether oxygens (including phenoxy) is 1. The zero-order chi connectivity index (χ0) is 13.8. The molecule has 2 heterocycles. The van der Waals surface area contributed by atoms with Crippen molar-refractivity contribution in [1.82, 2.24) is 10.2 Å². The zero-order valence-electron chi connectivity index (χ0n) is 12.5. The quantitative estimate of drug-likeness (QED) is 0.839. The van der Waals surface area contributed by atoms with E-state index < -0.39 is 0 Å². The average Bonchev–Trinajstić information content (AvgIpc) is 2.91. The summed E-state index contributed by atoms with van der Waals surface area (Å²) in [6.07, 6.45) is 2.48. The van der Waals surface area contributed by atoms with Gasteiger partial charge in [-0.2, -0.15) is 0 Å². The maximum absolute atomic E-state index is 12.4. The second kappa shape index (κ2) is 4.45. The van der Waals surface area contributed by atoms with Gasteiger partial charge < -0.3 is 15.0 Å². The van der Waals surface area contributed by atoms with Crippen LogP contribution >= 0.6 is 0 Å². The number of hydrogen-bond donors (Lipinski definition) is 1. The maximum Gasteiger partial charge on any atom is 0.240 e. The van der Waals surface area contributed by atoms with Crippen LogP contribution in [0.1, 0.15) is 40.5 Å². The molecule has 2 aliphatic heterocycles. The number of likely N-dealkylation sites (tertiary alicyclic amines) is 1. The van der Waals surface area contributed by atoms with Gasteiger partial charge in [-0.05, 0) is 26.7 Å². The van der Waals surface area contributed by atoms with Crippen LogP contribution in [0, 0.1) is 11.3 Å². The molecule has 0 aromatic heterocycles. The van der Waals surface area contributed by atoms with Crippen molar-refractivity contribution in [2.24, 2.45) is 11.3 Å². The molecular formula is C15H26N2O2. The van der Waals surface area contributed by atoms with E-state index in [0.717, 1.165) is 26.0 Å². The molecule has 4 nitrogen and oxygen atoms in total. The van der Waals surface area contributed by atoms with Crippen molar-refractivity contribution in [2.45, 2.75) is 64.8 Å². The van der Waals surface area contributed by atoms with Crippen LogP contribution in [-0.4, -0.2) is 48.2 Å². The Morgan fingerprint density at radius 1 is 1.37 bits per heavy atom. The van der Waals surface area contributed by atoms with E-state index in [1.165, 1.54) is 0 Å². The zero-order valence-corrected chi connectivity index (χ0v) is 12.5. The second-order valence-corrected chi connectivity index (χ2v) is 7.18.